The fourth-order valence-electron chi connectivity index (χ4n) is 3.18. The van der Waals surface area contributed by atoms with Crippen molar-refractivity contribution in [2.45, 2.75) is 46.3 Å². The zero-order chi connectivity index (χ0) is 15.9. The molecule has 3 rings (SSSR count). The second-order valence-electron chi connectivity index (χ2n) is 6.33. The predicted molar refractivity (Wildman–Crippen MR) is 89.4 cm³/mol. The van der Waals surface area contributed by atoms with Crippen LogP contribution >= 0.6 is 11.3 Å². The van der Waals surface area contributed by atoms with Gasteiger partial charge in [0.05, 0.1) is 18.0 Å². The lowest BCUT2D eigenvalue weighted by Crippen LogP contribution is -2.37. The Balaban J connectivity index is 1.77. The van der Waals surface area contributed by atoms with E-state index < -0.39 is 0 Å². The first kappa shape index (κ1) is 15.6. The number of nitrogens with one attached hydrogen (secondary N) is 1. The molecule has 1 atom stereocenters. The number of aromatic nitrogens is 2. The lowest BCUT2D eigenvalue weighted by atomic mass is 9.92. The lowest BCUT2D eigenvalue weighted by Gasteiger charge is -2.32. The first-order valence-corrected chi connectivity index (χ1v) is 8.66. The van der Waals surface area contributed by atoms with Crippen molar-refractivity contribution in [3.05, 3.63) is 26.6 Å². The van der Waals surface area contributed by atoms with E-state index in [-0.39, 0.29) is 11.7 Å². The third-order valence-electron chi connectivity index (χ3n) is 4.78. The van der Waals surface area contributed by atoms with E-state index in [1.165, 1.54) is 0 Å². The molecule has 2 aromatic rings. The van der Waals surface area contributed by atoms with Gasteiger partial charge in [-0.25, -0.2) is 4.98 Å². The maximum absolute atomic E-state index is 12.3. The molecule has 3 heterocycles. The summed E-state index contributed by atoms with van der Waals surface area (Å²) in [7, 11) is 0. The Bertz CT molecular complexity index is 727. The van der Waals surface area contributed by atoms with E-state index in [1.54, 1.807) is 11.3 Å². The van der Waals surface area contributed by atoms with Crippen LogP contribution < -0.4 is 5.56 Å². The zero-order valence-corrected chi connectivity index (χ0v) is 14.2. The van der Waals surface area contributed by atoms with E-state index in [1.807, 2.05) is 20.8 Å². The van der Waals surface area contributed by atoms with E-state index in [0.29, 0.717) is 12.5 Å². The average molecular weight is 321 g/mol. The molecule has 0 aliphatic carbocycles. The molecule has 22 heavy (non-hydrogen) atoms. The van der Waals surface area contributed by atoms with Crippen LogP contribution in [0.3, 0.4) is 0 Å². The van der Waals surface area contributed by atoms with Crippen LogP contribution in [-0.2, 0) is 6.54 Å². The number of aliphatic hydroxyl groups is 1. The number of aliphatic hydroxyl groups excluding tert-OH is 1. The van der Waals surface area contributed by atoms with Gasteiger partial charge in [-0.3, -0.25) is 9.69 Å². The molecule has 1 saturated heterocycles. The molecule has 1 fully saturated rings. The van der Waals surface area contributed by atoms with Gasteiger partial charge >= 0.3 is 0 Å². The second kappa shape index (κ2) is 6.10. The van der Waals surface area contributed by atoms with Crippen LogP contribution in [-0.4, -0.2) is 39.2 Å². The molecule has 0 radical (unpaired) electrons. The average Bonchev–Trinajstić information content (AvgIpc) is 2.75. The number of hydrogen-bond donors (Lipinski definition) is 2. The molecule has 2 N–H and O–H groups in total. The van der Waals surface area contributed by atoms with Crippen LogP contribution in [0, 0.1) is 19.8 Å². The summed E-state index contributed by atoms with van der Waals surface area (Å²) in [6.07, 6.45) is 1.77. The molecule has 0 spiro atoms. The monoisotopic (exact) mass is 321 g/mol. The molecule has 1 unspecified atom stereocenters. The SMILES string of the molecule is Cc1sc2nc(CN3CCC(C(C)O)CC3)[nH]c(=O)c2c1C. The van der Waals surface area contributed by atoms with Crippen LogP contribution in [0.1, 0.15) is 36.0 Å². The number of hydrogen-bond acceptors (Lipinski definition) is 5. The summed E-state index contributed by atoms with van der Waals surface area (Å²) in [5.41, 5.74) is 1.01. The van der Waals surface area contributed by atoms with Gasteiger partial charge in [0.2, 0.25) is 0 Å². The van der Waals surface area contributed by atoms with Crippen LogP contribution in [0.5, 0.6) is 0 Å². The zero-order valence-electron chi connectivity index (χ0n) is 13.3. The Morgan fingerprint density at radius 3 is 2.73 bits per heavy atom. The molecular weight excluding hydrogens is 298 g/mol. The maximum atomic E-state index is 12.3. The van der Waals surface area contributed by atoms with Crippen molar-refractivity contribution in [3.63, 3.8) is 0 Å². The van der Waals surface area contributed by atoms with Gasteiger partial charge in [-0.05, 0) is 58.2 Å². The number of piperidine rings is 1. The molecule has 1 aliphatic heterocycles. The molecular formula is C16H23N3O2S. The van der Waals surface area contributed by atoms with Crippen molar-refractivity contribution >= 4 is 21.6 Å². The summed E-state index contributed by atoms with van der Waals surface area (Å²) in [6, 6.07) is 0. The van der Waals surface area contributed by atoms with Crippen LogP contribution in [0.15, 0.2) is 4.79 Å². The number of fused-ring (bicyclic) bond motifs is 1. The molecule has 1 aliphatic rings. The van der Waals surface area contributed by atoms with Crippen LogP contribution in [0.2, 0.25) is 0 Å². The minimum Gasteiger partial charge on any atom is -0.393 e. The second-order valence-corrected chi connectivity index (χ2v) is 7.53. The minimum absolute atomic E-state index is 0.0271. The number of likely N-dealkylation sites (tertiary alicyclic amines) is 1. The fourth-order valence-corrected chi connectivity index (χ4v) is 4.23. The number of H-pyrrole nitrogens is 1. The largest absolute Gasteiger partial charge is 0.393 e. The molecule has 2 aromatic heterocycles. The summed E-state index contributed by atoms with van der Waals surface area (Å²) >= 11 is 1.59. The van der Waals surface area contributed by atoms with Gasteiger partial charge in [-0.15, -0.1) is 11.3 Å². The highest BCUT2D eigenvalue weighted by atomic mass is 32.1. The summed E-state index contributed by atoms with van der Waals surface area (Å²) in [5.74, 6) is 1.14. The van der Waals surface area contributed by atoms with E-state index in [4.69, 9.17) is 0 Å². The van der Waals surface area contributed by atoms with E-state index in [9.17, 15) is 9.90 Å². The molecule has 120 valence electrons. The highest BCUT2D eigenvalue weighted by Gasteiger charge is 2.23. The van der Waals surface area contributed by atoms with Crippen molar-refractivity contribution in [3.8, 4) is 0 Å². The number of aryl methyl sites for hydroxylation is 2. The van der Waals surface area contributed by atoms with E-state index >= 15 is 0 Å². The highest BCUT2D eigenvalue weighted by molar-refractivity contribution is 7.18. The Labute approximate surface area is 134 Å². The Hall–Kier alpha value is -1.24. The number of aromatic amines is 1. The van der Waals surface area contributed by atoms with Gasteiger partial charge < -0.3 is 10.1 Å². The van der Waals surface area contributed by atoms with Crippen molar-refractivity contribution in [1.82, 2.24) is 14.9 Å². The van der Waals surface area contributed by atoms with Gasteiger partial charge in [0.1, 0.15) is 10.7 Å². The van der Waals surface area contributed by atoms with Crippen molar-refractivity contribution in [1.29, 1.82) is 0 Å². The predicted octanol–water partition coefficient (Wildman–Crippen LogP) is 2.19. The first-order chi connectivity index (χ1) is 10.5. The maximum Gasteiger partial charge on any atom is 0.259 e. The summed E-state index contributed by atoms with van der Waals surface area (Å²) in [5, 5.41) is 10.4. The standard InChI is InChI=1S/C16H23N3O2S/c1-9-11(3)22-16-14(9)15(21)17-13(18-16)8-19-6-4-12(5-7-19)10(2)20/h10,12,20H,4-8H2,1-3H3,(H,17,18,21). The molecule has 0 bridgehead atoms. The summed E-state index contributed by atoms with van der Waals surface area (Å²) in [6.45, 7) is 8.44. The van der Waals surface area contributed by atoms with Crippen LogP contribution in [0.4, 0.5) is 0 Å². The normalized spacial score (nSPS) is 18.9. The highest BCUT2D eigenvalue weighted by Crippen LogP contribution is 2.26. The summed E-state index contributed by atoms with van der Waals surface area (Å²) < 4.78 is 0. The molecule has 6 heteroatoms. The van der Waals surface area contributed by atoms with Gasteiger partial charge in [0.15, 0.2) is 0 Å². The third kappa shape index (κ3) is 2.95. The number of thiophene rings is 1. The number of nitrogens with zero attached hydrogens (tertiary/aromatic N) is 2. The molecule has 0 amide bonds. The van der Waals surface area contributed by atoms with Gasteiger partial charge in [-0.1, -0.05) is 0 Å². The molecule has 0 saturated carbocycles. The van der Waals surface area contributed by atoms with Gasteiger partial charge in [-0.2, -0.15) is 0 Å². The van der Waals surface area contributed by atoms with Crippen molar-refractivity contribution in [2.75, 3.05) is 13.1 Å². The fraction of sp³-hybridized carbons (Fsp3) is 0.625. The van der Waals surface area contributed by atoms with Gasteiger partial charge in [0, 0.05) is 4.88 Å². The smallest absolute Gasteiger partial charge is 0.259 e. The van der Waals surface area contributed by atoms with E-state index in [0.717, 1.165) is 52.4 Å². The number of rotatable bonds is 3. The Kier molecular flexibility index (Phi) is 4.34. The molecule has 5 nitrogen and oxygen atoms in total. The first-order valence-electron chi connectivity index (χ1n) is 7.85. The lowest BCUT2D eigenvalue weighted by molar-refractivity contribution is 0.0687. The van der Waals surface area contributed by atoms with Crippen LogP contribution in [0.25, 0.3) is 10.2 Å². The topological polar surface area (TPSA) is 69.2 Å². The summed E-state index contributed by atoms with van der Waals surface area (Å²) in [4.78, 5) is 24.1. The molecule has 0 aromatic carbocycles. The van der Waals surface area contributed by atoms with Crippen molar-refractivity contribution < 1.29 is 5.11 Å². The third-order valence-corrected chi connectivity index (χ3v) is 5.88. The van der Waals surface area contributed by atoms with Crippen molar-refractivity contribution in [2.24, 2.45) is 5.92 Å². The minimum atomic E-state index is -0.228. The Morgan fingerprint density at radius 2 is 2.09 bits per heavy atom. The Morgan fingerprint density at radius 1 is 1.41 bits per heavy atom. The van der Waals surface area contributed by atoms with E-state index in [2.05, 4.69) is 14.9 Å². The van der Waals surface area contributed by atoms with Gasteiger partial charge in [0.25, 0.3) is 5.56 Å². The quantitative estimate of drug-likeness (QED) is 0.909.